The molecular weight excluding hydrogens is 388 g/mol. The van der Waals surface area contributed by atoms with Crippen molar-refractivity contribution in [3.63, 3.8) is 0 Å². The summed E-state index contributed by atoms with van der Waals surface area (Å²) in [6, 6.07) is 3.55. The van der Waals surface area contributed by atoms with Crippen molar-refractivity contribution in [2.24, 2.45) is 7.05 Å². The molecule has 0 aliphatic heterocycles. The zero-order valence-corrected chi connectivity index (χ0v) is 18.1. The van der Waals surface area contributed by atoms with E-state index in [1.165, 1.54) is 4.68 Å². The molecule has 3 rings (SSSR count). The van der Waals surface area contributed by atoms with Gasteiger partial charge in [0, 0.05) is 37.9 Å². The van der Waals surface area contributed by atoms with Gasteiger partial charge in [-0.25, -0.2) is 4.79 Å². The number of nitrogens with one attached hydrogen (secondary N) is 3. The van der Waals surface area contributed by atoms with Crippen molar-refractivity contribution >= 4 is 17.8 Å². The maximum absolute atomic E-state index is 12.6. The molecule has 2 aromatic heterocycles. The van der Waals surface area contributed by atoms with Crippen molar-refractivity contribution in [1.29, 1.82) is 0 Å². The van der Waals surface area contributed by atoms with Gasteiger partial charge in [-0.3, -0.25) is 14.6 Å². The Balaban J connectivity index is 1.60. The number of hydrogen-bond acceptors (Lipinski definition) is 6. The first kappa shape index (κ1) is 21.8. The number of carbonyl (C=O) groups excluding carboxylic acids is 2. The predicted octanol–water partition coefficient (Wildman–Crippen LogP) is 2.70. The molecule has 0 unspecified atom stereocenters. The van der Waals surface area contributed by atoms with E-state index in [9.17, 15) is 9.59 Å². The van der Waals surface area contributed by atoms with Crippen LogP contribution >= 0.6 is 0 Å². The SMILES string of the molecule is COCc1cc(C(=O)Nc2cc([C@@H]3CC[C@](C)(OC(=O)NC(C)C)C3)[nH]n2)n(C)n1. The topological polar surface area (TPSA) is 123 Å². The highest BCUT2D eigenvalue weighted by atomic mass is 16.6. The van der Waals surface area contributed by atoms with Crippen molar-refractivity contribution in [1.82, 2.24) is 25.3 Å². The number of aryl methyl sites for hydroxylation is 1. The Morgan fingerprint density at radius 3 is 2.87 bits per heavy atom. The molecule has 2 atom stereocenters. The Bertz CT molecular complexity index is 905. The molecule has 1 aliphatic carbocycles. The van der Waals surface area contributed by atoms with Gasteiger partial charge < -0.3 is 20.1 Å². The highest BCUT2D eigenvalue weighted by Crippen LogP contribution is 2.42. The minimum absolute atomic E-state index is 0.0297. The third kappa shape index (κ3) is 5.18. The van der Waals surface area contributed by atoms with E-state index in [0.29, 0.717) is 30.2 Å². The summed E-state index contributed by atoms with van der Waals surface area (Å²) >= 11 is 0. The van der Waals surface area contributed by atoms with Crippen LogP contribution in [0.3, 0.4) is 0 Å². The number of hydrogen-bond donors (Lipinski definition) is 3. The number of alkyl carbamates (subject to hydrolysis) is 1. The first-order chi connectivity index (χ1) is 14.2. The second-order valence-corrected chi connectivity index (χ2v) is 8.32. The molecule has 0 aromatic carbocycles. The van der Waals surface area contributed by atoms with Gasteiger partial charge in [0.1, 0.15) is 11.3 Å². The van der Waals surface area contributed by atoms with Crippen molar-refractivity contribution < 1.29 is 19.1 Å². The fourth-order valence-electron chi connectivity index (χ4n) is 3.80. The molecule has 1 aliphatic rings. The summed E-state index contributed by atoms with van der Waals surface area (Å²) in [5, 5.41) is 17.0. The minimum Gasteiger partial charge on any atom is -0.443 e. The van der Waals surface area contributed by atoms with Crippen LogP contribution in [0.2, 0.25) is 0 Å². The van der Waals surface area contributed by atoms with Crippen LogP contribution in [0.5, 0.6) is 0 Å². The van der Waals surface area contributed by atoms with Gasteiger partial charge in [0.05, 0.1) is 12.3 Å². The Labute approximate surface area is 175 Å². The van der Waals surface area contributed by atoms with E-state index in [-0.39, 0.29) is 17.9 Å². The van der Waals surface area contributed by atoms with E-state index < -0.39 is 11.7 Å². The fourth-order valence-corrected chi connectivity index (χ4v) is 3.80. The summed E-state index contributed by atoms with van der Waals surface area (Å²) in [5.41, 5.74) is 1.49. The number of carbonyl (C=O) groups is 2. The fraction of sp³-hybridized carbons (Fsp3) is 0.600. The number of anilines is 1. The number of rotatable bonds is 7. The van der Waals surface area contributed by atoms with Crippen LogP contribution in [0.25, 0.3) is 0 Å². The molecule has 30 heavy (non-hydrogen) atoms. The van der Waals surface area contributed by atoms with E-state index in [2.05, 4.69) is 25.9 Å². The largest absolute Gasteiger partial charge is 0.443 e. The number of aromatic nitrogens is 4. The third-order valence-electron chi connectivity index (χ3n) is 5.18. The molecule has 0 radical (unpaired) electrons. The highest BCUT2D eigenvalue weighted by Gasteiger charge is 2.40. The van der Waals surface area contributed by atoms with Crippen molar-refractivity contribution in [3.8, 4) is 0 Å². The quantitative estimate of drug-likeness (QED) is 0.635. The lowest BCUT2D eigenvalue weighted by Crippen LogP contribution is -2.38. The second-order valence-electron chi connectivity index (χ2n) is 8.32. The average molecular weight is 418 g/mol. The van der Waals surface area contributed by atoms with Crippen LogP contribution in [0.15, 0.2) is 12.1 Å². The van der Waals surface area contributed by atoms with Gasteiger partial charge in [-0.2, -0.15) is 10.2 Å². The molecule has 10 heteroatoms. The summed E-state index contributed by atoms with van der Waals surface area (Å²) in [6.07, 6.45) is 1.93. The maximum Gasteiger partial charge on any atom is 0.407 e. The van der Waals surface area contributed by atoms with E-state index in [1.807, 2.05) is 26.8 Å². The van der Waals surface area contributed by atoms with Crippen LogP contribution in [0, 0.1) is 0 Å². The van der Waals surface area contributed by atoms with Crippen LogP contribution in [0.1, 0.15) is 67.8 Å². The third-order valence-corrected chi connectivity index (χ3v) is 5.18. The second kappa shape index (κ2) is 8.86. The molecule has 2 heterocycles. The number of amides is 2. The van der Waals surface area contributed by atoms with Gasteiger partial charge in [-0.1, -0.05) is 0 Å². The van der Waals surface area contributed by atoms with Crippen LogP contribution < -0.4 is 10.6 Å². The highest BCUT2D eigenvalue weighted by molar-refractivity contribution is 6.02. The van der Waals surface area contributed by atoms with Gasteiger partial charge in [0.25, 0.3) is 5.91 Å². The Morgan fingerprint density at radius 1 is 1.40 bits per heavy atom. The minimum atomic E-state index is -0.523. The van der Waals surface area contributed by atoms with Crippen molar-refractivity contribution in [3.05, 3.63) is 29.2 Å². The van der Waals surface area contributed by atoms with Gasteiger partial charge >= 0.3 is 6.09 Å². The standard InChI is InChI=1S/C20H30N6O4/c1-12(2)21-19(28)30-20(3)7-6-13(10-20)15-9-17(24-23-15)22-18(27)16-8-14(11-29-5)25-26(16)4/h8-9,12-13H,6-7,10-11H2,1-5H3,(H,21,28)(H2,22,23,24,27)/t13-,20+/m1/s1. The smallest absolute Gasteiger partial charge is 0.407 e. The Kier molecular flexibility index (Phi) is 6.45. The zero-order chi connectivity index (χ0) is 21.9. The van der Waals surface area contributed by atoms with Crippen molar-refractivity contribution in [2.75, 3.05) is 12.4 Å². The van der Waals surface area contributed by atoms with Gasteiger partial charge in [0.2, 0.25) is 0 Å². The van der Waals surface area contributed by atoms with Gasteiger partial charge in [0.15, 0.2) is 5.82 Å². The molecule has 10 nitrogen and oxygen atoms in total. The molecule has 3 N–H and O–H groups in total. The molecular formula is C20H30N6O4. The van der Waals surface area contributed by atoms with Crippen molar-refractivity contribution in [2.45, 2.75) is 64.2 Å². The Hall–Kier alpha value is -2.88. The number of H-pyrrole nitrogens is 1. The summed E-state index contributed by atoms with van der Waals surface area (Å²) in [7, 11) is 3.29. The molecule has 0 spiro atoms. The van der Waals surface area contributed by atoms with Gasteiger partial charge in [-0.05, 0) is 46.1 Å². The van der Waals surface area contributed by atoms with E-state index in [0.717, 1.165) is 18.5 Å². The number of ether oxygens (including phenoxy) is 2. The molecule has 1 fully saturated rings. The first-order valence-electron chi connectivity index (χ1n) is 10.1. The molecule has 0 saturated heterocycles. The van der Waals surface area contributed by atoms with Gasteiger partial charge in [-0.15, -0.1) is 0 Å². The molecule has 1 saturated carbocycles. The summed E-state index contributed by atoms with van der Waals surface area (Å²) < 4.78 is 12.2. The maximum atomic E-state index is 12.6. The number of aromatic amines is 1. The lowest BCUT2D eigenvalue weighted by Gasteiger charge is -2.25. The van der Waals surface area contributed by atoms with E-state index in [4.69, 9.17) is 9.47 Å². The lowest BCUT2D eigenvalue weighted by molar-refractivity contribution is 0.0280. The first-order valence-corrected chi connectivity index (χ1v) is 10.1. The van der Waals surface area contributed by atoms with E-state index >= 15 is 0 Å². The molecule has 0 bridgehead atoms. The average Bonchev–Trinajstić information content (AvgIpc) is 3.33. The molecule has 2 amide bonds. The van der Waals surface area contributed by atoms with Crippen LogP contribution in [-0.4, -0.2) is 50.7 Å². The zero-order valence-electron chi connectivity index (χ0n) is 18.1. The summed E-state index contributed by atoms with van der Waals surface area (Å²) in [4.78, 5) is 24.5. The number of methoxy groups -OCH3 is 1. The Morgan fingerprint density at radius 2 is 2.17 bits per heavy atom. The number of nitrogens with zero attached hydrogens (tertiary/aromatic N) is 3. The predicted molar refractivity (Wildman–Crippen MR) is 110 cm³/mol. The summed E-state index contributed by atoms with van der Waals surface area (Å²) in [6.45, 7) is 6.08. The van der Waals surface area contributed by atoms with Crippen LogP contribution in [-0.2, 0) is 23.1 Å². The molecule has 164 valence electrons. The summed E-state index contributed by atoms with van der Waals surface area (Å²) in [5.74, 6) is 0.317. The molecule has 2 aromatic rings. The van der Waals surface area contributed by atoms with Crippen LogP contribution in [0.4, 0.5) is 10.6 Å². The lowest BCUT2D eigenvalue weighted by atomic mass is 10.00. The monoisotopic (exact) mass is 418 g/mol. The normalized spacial score (nSPS) is 21.1. The van der Waals surface area contributed by atoms with E-state index in [1.54, 1.807) is 20.2 Å².